The van der Waals surface area contributed by atoms with Crippen molar-refractivity contribution in [3.05, 3.63) is 35.7 Å². The Morgan fingerprint density at radius 3 is 2.59 bits per heavy atom. The number of benzene rings is 1. The van der Waals surface area contributed by atoms with Gasteiger partial charge >= 0.3 is 0 Å². The van der Waals surface area contributed by atoms with E-state index in [2.05, 4.69) is 50.7 Å². The maximum absolute atomic E-state index is 14.5. The van der Waals surface area contributed by atoms with Crippen LogP contribution in [0.1, 0.15) is 51.6 Å². The van der Waals surface area contributed by atoms with E-state index >= 15 is 0 Å². The maximum atomic E-state index is 14.5. The largest absolute Gasteiger partial charge is 0.494 e. The number of ether oxygens (including phenoxy) is 1. The summed E-state index contributed by atoms with van der Waals surface area (Å²) in [6, 6.07) is 2.92. The van der Waals surface area contributed by atoms with Crippen LogP contribution in [0.5, 0.6) is 5.75 Å². The molecule has 0 radical (unpaired) electrons. The molecule has 0 saturated carbocycles. The van der Waals surface area contributed by atoms with Crippen LogP contribution in [0.4, 0.5) is 16.0 Å². The molecule has 2 N–H and O–H groups in total. The molecule has 0 unspecified atom stereocenters. The van der Waals surface area contributed by atoms with Crippen LogP contribution in [0.3, 0.4) is 0 Å². The van der Waals surface area contributed by atoms with E-state index in [0.717, 1.165) is 30.9 Å². The third kappa shape index (κ3) is 3.70. The van der Waals surface area contributed by atoms with Crippen LogP contribution in [0.2, 0.25) is 0 Å². The molecule has 3 aromatic heterocycles. The minimum atomic E-state index is -0.475. The fourth-order valence-corrected chi connectivity index (χ4v) is 4.82. The highest BCUT2D eigenvalue weighted by Crippen LogP contribution is 2.35. The Balaban J connectivity index is 1.54. The van der Waals surface area contributed by atoms with Gasteiger partial charge in [-0.25, -0.2) is 14.4 Å². The molecule has 10 heteroatoms. The van der Waals surface area contributed by atoms with E-state index in [1.165, 1.54) is 23.8 Å². The Morgan fingerprint density at radius 2 is 1.91 bits per heavy atom. The van der Waals surface area contributed by atoms with E-state index in [1.807, 2.05) is 4.68 Å². The van der Waals surface area contributed by atoms with Crippen molar-refractivity contribution in [1.82, 2.24) is 29.4 Å². The molecule has 4 heterocycles. The molecule has 1 saturated heterocycles. The average Bonchev–Trinajstić information content (AvgIpc) is 3.38. The molecule has 180 valence electrons. The predicted molar refractivity (Wildman–Crippen MR) is 130 cm³/mol. The quantitative estimate of drug-likeness (QED) is 0.489. The van der Waals surface area contributed by atoms with Gasteiger partial charge in [-0.3, -0.25) is 4.68 Å². The van der Waals surface area contributed by atoms with Crippen molar-refractivity contribution >= 4 is 28.2 Å². The van der Waals surface area contributed by atoms with E-state index < -0.39 is 5.82 Å². The minimum Gasteiger partial charge on any atom is -0.494 e. The van der Waals surface area contributed by atoms with Crippen molar-refractivity contribution in [3.8, 4) is 5.75 Å². The average molecular weight is 467 g/mol. The fourth-order valence-electron chi connectivity index (χ4n) is 4.82. The second-order valence-electron chi connectivity index (χ2n) is 10.3. The van der Waals surface area contributed by atoms with E-state index in [0.29, 0.717) is 28.3 Å². The molecule has 2 atom stereocenters. The highest BCUT2D eigenvalue weighted by molar-refractivity contribution is 5.93. The molecule has 1 fully saturated rings. The van der Waals surface area contributed by atoms with Crippen LogP contribution in [0.15, 0.2) is 18.3 Å². The zero-order valence-electron chi connectivity index (χ0n) is 20.5. The first-order chi connectivity index (χ1) is 16.0. The lowest BCUT2D eigenvalue weighted by Gasteiger charge is -2.36. The van der Waals surface area contributed by atoms with Crippen LogP contribution in [-0.4, -0.2) is 49.6 Å². The van der Waals surface area contributed by atoms with Gasteiger partial charge in [0.05, 0.1) is 29.5 Å². The number of halogens is 1. The van der Waals surface area contributed by atoms with Crippen molar-refractivity contribution in [2.45, 2.75) is 52.5 Å². The lowest BCUT2D eigenvalue weighted by atomic mass is 9.89. The number of piperidine rings is 1. The molecule has 0 spiro atoms. The highest BCUT2D eigenvalue weighted by atomic mass is 19.1. The van der Waals surface area contributed by atoms with E-state index in [9.17, 15) is 4.39 Å². The number of methoxy groups -OCH3 is 1. The first-order valence-electron chi connectivity index (χ1n) is 11.6. The highest BCUT2D eigenvalue weighted by Gasteiger charge is 2.31. The van der Waals surface area contributed by atoms with Crippen molar-refractivity contribution in [1.29, 1.82) is 0 Å². The Hall–Kier alpha value is -3.43. The second kappa shape index (κ2) is 7.82. The molecule has 0 amide bonds. The van der Waals surface area contributed by atoms with Gasteiger partial charge in [0.1, 0.15) is 0 Å². The van der Waals surface area contributed by atoms with E-state index in [-0.39, 0.29) is 23.2 Å². The molecule has 1 aromatic carbocycles. The number of nitrogen functional groups attached to an aromatic ring is 1. The standard InChI is InChI=1S/C24H31FN8O/c1-13-7-15(11-31(10-13)19-12-32(24(3,4)5)29-14(19)2)21-28-22-16-8-17(25)20(34-6)9-18(16)27-23(26)33(22)30-21/h8-9,12-13,15H,7,10-11H2,1-6H3,(H2,26,27)/t13-,15-/m1/s1. The number of nitrogens with zero attached hydrogens (tertiary/aromatic N) is 7. The molecule has 4 aromatic rings. The first-order valence-corrected chi connectivity index (χ1v) is 11.6. The number of anilines is 2. The summed E-state index contributed by atoms with van der Waals surface area (Å²) in [5.74, 6) is 1.08. The van der Waals surface area contributed by atoms with Gasteiger partial charge in [-0.1, -0.05) is 6.92 Å². The molecule has 0 bridgehead atoms. The Labute approximate surface area is 197 Å². The lowest BCUT2D eigenvalue weighted by molar-refractivity contribution is 0.353. The van der Waals surface area contributed by atoms with Gasteiger partial charge in [0.2, 0.25) is 5.95 Å². The third-order valence-corrected chi connectivity index (χ3v) is 6.51. The predicted octanol–water partition coefficient (Wildman–Crippen LogP) is 3.90. The number of hydrogen-bond acceptors (Lipinski definition) is 7. The van der Waals surface area contributed by atoms with Crippen LogP contribution in [0, 0.1) is 18.7 Å². The number of hydrogen-bond donors (Lipinski definition) is 1. The molecule has 34 heavy (non-hydrogen) atoms. The van der Waals surface area contributed by atoms with Gasteiger partial charge in [0, 0.05) is 36.7 Å². The first kappa shape index (κ1) is 22.4. The van der Waals surface area contributed by atoms with Crippen LogP contribution < -0.4 is 15.4 Å². The summed E-state index contributed by atoms with van der Waals surface area (Å²) in [6.07, 6.45) is 3.08. The number of fused-ring (bicyclic) bond motifs is 3. The topological polar surface area (TPSA) is 99.4 Å². The zero-order chi connectivity index (χ0) is 24.4. The van der Waals surface area contributed by atoms with Crippen molar-refractivity contribution in [3.63, 3.8) is 0 Å². The van der Waals surface area contributed by atoms with E-state index in [4.69, 9.17) is 25.7 Å². The van der Waals surface area contributed by atoms with Gasteiger partial charge < -0.3 is 15.4 Å². The molecular formula is C24H31FN8O. The van der Waals surface area contributed by atoms with Gasteiger partial charge in [0.15, 0.2) is 23.0 Å². The van der Waals surface area contributed by atoms with Gasteiger partial charge in [-0.15, -0.1) is 5.10 Å². The minimum absolute atomic E-state index is 0.0868. The van der Waals surface area contributed by atoms with Crippen molar-refractivity contribution in [2.24, 2.45) is 5.92 Å². The Morgan fingerprint density at radius 1 is 1.15 bits per heavy atom. The number of rotatable bonds is 3. The zero-order valence-corrected chi connectivity index (χ0v) is 20.5. The van der Waals surface area contributed by atoms with Crippen molar-refractivity contribution < 1.29 is 9.13 Å². The van der Waals surface area contributed by atoms with Crippen LogP contribution >= 0.6 is 0 Å². The van der Waals surface area contributed by atoms with Gasteiger partial charge in [-0.2, -0.15) is 9.61 Å². The monoisotopic (exact) mass is 466 g/mol. The Bertz CT molecular complexity index is 1390. The molecule has 0 aliphatic carbocycles. The summed E-state index contributed by atoms with van der Waals surface area (Å²) < 4.78 is 23.1. The summed E-state index contributed by atoms with van der Waals surface area (Å²) in [5, 5.41) is 10.0. The van der Waals surface area contributed by atoms with Gasteiger partial charge in [0.25, 0.3) is 0 Å². The summed E-state index contributed by atoms with van der Waals surface area (Å²) in [4.78, 5) is 11.6. The normalized spacial score (nSPS) is 19.3. The van der Waals surface area contributed by atoms with Crippen molar-refractivity contribution in [2.75, 3.05) is 30.8 Å². The third-order valence-electron chi connectivity index (χ3n) is 6.51. The molecule has 5 rings (SSSR count). The lowest BCUT2D eigenvalue weighted by Crippen LogP contribution is -2.39. The fraction of sp³-hybridized carbons (Fsp3) is 0.500. The second-order valence-corrected chi connectivity index (χ2v) is 10.3. The summed E-state index contributed by atoms with van der Waals surface area (Å²) in [6.45, 7) is 12.4. The van der Waals surface area contributed by atoms with Crippen LogP contribution in [0.25, 0.3) is 16.6 Å². The summed E-state index contributed by atoms with van der Waals surface area (Å²) >= 11 is 0. The number of aryl methyl sites for hydroxylation is 1. The summed E-state index contributed by atoms with van der Waals surface area (Å²) in [7, 11) is 1.42. The molecule has 9 nitrogen and oxygen atoms in total. The molecule has 1 aliphatic heterocycles. The smallest absolute Gasteiger partial charge is 0.223 e. The number of aromatic nitrogens is 6. The van der Waals surface area contributed by atoms with E-state index in [1.54, 1.807) is 0 Å². The Kier molecular flexibility index (Phi) is 5.14. The molecular weight excluding hydrogens is 435 g/mol. The SMILES string of the molecule is COc1cc2nc(N)n3nc([C@@H]4C[C@@H](C)CN(c5cn(C(C)(C)C)nc5C)C4)nc3c2cc1F. The summed E-state index contributed by atoms with van der Waals surface area (Å²) in [5.41, 5.74) is 9.27. The number of nitrogens with two attached hydrogens (primary N) is 1. The molecule has 1 aliphatic rings. The van der Waals surface area contributed by atoms with Gasteiger partial charge in [-0.05, 0) is 46.1 Å². The van der Waals surface area contributed by atoms with Crippen LogP contribution in [-0.2, 0) is 5.54 Å². The maximum Gasteiger partial charge on any atom is 0.223 e.